The van der Waals surface area contributed by atoms with Crippen LogP contribution in [0.4, 0.5) is 5.69 Å². The van der Waals surface area contributed by atoms with Gasteiger partial charge in [-0.2, -0.15) is 4.57 Å². The van der Waals surface area contributed by atoms with Crippen LogP contribution in [0.2, 0.25) is 0 Å². The molecule has 2 aromatic carbocycles. The van der Waals surface area contributed by atoms with Crippen molar-refractivity contribution in [2.75, 3.05) is 37.6 Å². The summed E-state index contributed by atoms with van der Waals surface area (Å²) in [5.41, 5.74) is 3.87. The zero-order valence-electron chi connectivity index (χ0n) is 20.8. The number of rotatable bonds is 12. The van der Waals surface area contributed by atoms with Crippen LogP contribution in [0.25, 0.3) is 22.4 Å². The van der Waals surface area contributed by atoms with E-state index in [2.05, 4.69) is 88.6 Å². The summed E-state index contributed by atoms with van der Waals surface area (Å²) in [6.07, 6.45) is 14.7. The van der Waals surface area contributed by atoms with E-state index in [1.807, 2.05) is 17.4 Å². The van der Waals surface area contributed by atoms with Gasteiger partial charge in [-0.15, -0.1) is 0 Å². The van der Waals surface area contributed by atoms with E-state index in [9.17, 15) is 0 Å². The molecule has 3 aromatic rings. The van der Waals surface area contributed by atoms with Crippen molar-refractivity contribution in [3.63, 3.8) is 0 Å². The number of hydrogen-bond acceptors (Lipinski definition) is 3. The number of benzene rings is 2. The van der Waals surface area contributed by atoms with E-state index in [-0.39, 0.29) is 0 Å². The molecule has 0 saturated carbocycles. The second-order valence-corrected chi connectivity index (χ2v) is 10.4. The first-order valence-corrected chi connectivity index (χ1v) is 13.9. The van der Waals surface area contributed by atoms with Crippen LogP contribution < -0.4 is 9.47 Å². The normalized spacial score (nSPS) is 14.9. The molecule has 1 aliphatic rings. The Hall–Kier alpha value is -2.43. The molecule has 0 bridgehead atoms. The lowest BCUT2D eigenvalue weighted by Gasteiger charge is -2.36. The van der Waals surface area contributed by atoms with Gasteiger partial charge in [-0.05, 0) is 48.9 Å². The average molecular weight is 475 g/mol. The maximum atomic E-state index is 3.94. The van der Waals surface area contributed by atoms with Gasteiger partial charge in [0.15, 0.2) is 6.54 Å². The number of unbranched alkanes of at least 4 members (excludes halogenated alkanes) is 5. The lowest BCUT2D eigenvalue weighted by Crippen LogP contribution is -2.46. The first kappa shape index (κ1) is 24.7. The first-order chi connectivity index (χ1) is 16.8. The van der Waals surface area contributed by atoms with Crippen LogP contribution in [-0.4, -0.2) is 37.6 Å². The third-order valence-corrected chi connectivity index (χ3v) is 7.96. The number of aromatic nitrogens is 1. The second kappa shape index (κ2) is 12.9. The molecule has 1 saturated heterocycles. The van der Waals surface area contributed by atoms with E-state index in [1.54, 1.807) is 0 Å². The Labute approximate surface area is 210 Å². The fraction of sp³-hybridized carbons (Fsp3) is 0.433. The number of para-hydroxylation sites is 1. The summed E-state index contributed by atoms with van der Waals surface area (Å²) in [4.78, 5) is 5.19. The molecule has 2 heterocycles. The highest BCUT2D eigenvalue weighted by Crippen LogP contribution is 2.23. The summed E-state index contributed by atoms with van der Waals surface area (Å²) in [5, 5.41) is 1.26. The van der Waals surface area contributed by atoms with Crippen molar-refractivity contribution >= 4 is 39.4 Å². The van der Waals surface area contributed by atoms with Crippen LogP contribution in [-0.2, 0) is 6.54 Å². The van der Waals surface area contributed by atoms with Gasteiger partial charge in [0.05, 0.1) is 0 Å². The molecule has 1 aromatic heterocycles. The average Bonchev–Trinajstić information content (AvgIpc) is 3.23. The number of anilines is 1. The Balaban J connectivity index is 1.29. The third-order valence-electron chi connectivity index (χ3n) is 6.83. The molecule has 0 unspecified atom stereocenters. The molecule has 180 valence electrons. The molecule has 0 atom stereocenters. The summed E-state index contributed by atoms with van der Waals surface area (Å²) < 4.78 is 3.65. The largest absolute Gasteiger partial charge is 0.369 e. The van der Waals surface area contributed by atoms with Crippen molar-refractivity contribution in [1.29, 1.82) is 0 Å². The van der Waals surface area contributed by atoms with Crippen molar-refractivity contribution in [1.82, 2.24) is 4.90 Å². The van der Waals surface area contributed by atoms with Gasteiger partial charge in [-0.25, -0.2) is 0 Å². The van der Waals surface area contributed by atoms with Gasteiger partial charge in [-0.3, -0.25) is 4.90 Å². The van der Waals surface area contributed by atoms with Gasteiger partial charge < -0.3 is 4.90 Å². The van der Waals surface area contributed by atoms with E-state index in [4.69, 9.17) is 0 Å². The zero-order valence-corrected chi connectivity index (χ0v) is 21.6. The molecule has 0 N–H and O–H groups in total. The smallest absolute Gasteiger partial charge is 0.263 e. The van der Waals surface area contributed by atoms with Gasteiger partial charge in [0, 0.05) is 44.0 Å². The number of thiazole rings is 1. The SMILES string of the molecule is C=CC[n+]1c(/C=C/c2ccc(N3CCN(CCCCCCCC)CC3)cc2)sc2ccccc21. The van der Waals surface area contributed by atoms with Crippen LogP contribution in [0, 0.1) is 0 Å². The van der Waals surface area contributed by atoms with Gasteiger partial charge in [0.25, 0.3) is 5.01 Å². The minimum atomic E-state index is 0.827. The summed E-state index contributed by atoms with van der Waals surface area (Å²) in [7, 11) is 0. The highest BCUT2D eigenvalue weighted by molar-refractivity contribution is 7.18. The standard InChI is InChI=1S/C30H40N3S/c1-3-5-6-7-8-11-21-31-22-24-32(25-23-31)27-17-14-26(15-18-27)16-19-30-33(20-4-2)28-12-9-10-13-29(28)34-30/h4,9-10,12-19H,2-3,5-8,11,20-25H2,1H3/q+1. The fourth-order valence-corrected chi connectivity index (χ4v) is 5.88. The van der Waals surface area contributed by atoms with E-state index in [1.165, 1.54) is 84.6 Å². The summed E-state index contributed by atoms with van der Waals surface area (Å²) in [6, 6.07) is 17.7. The molecule has 34 heavy (non-hydrogen) atoms. The molecule has 4 heteroatoms. The summed E-state index contributed by atoms with van der Waals surface area (Å²) in [6.45, 7) is 13.0. The van der Waals surface area contributed by atoms with Crippen molar-refractivity contribution in [3.05, 3.63) is 71.8 Å². The van der Waals surface area contributed by atoms with Gasteiger partial charge in [-0.1, -0.05) is 81.2 Å². The minimum Gasteiger partial charge on any atom is -0.369 e. The Kier molecular flexibility index (Phi) is 9.35. The quantitative estimate of drug-likeness (QED) is 0.158. The van der Waals surface area contributed by atoms with Crippen LogP contribution >= 0.6 is 11.3 Å². The van der Waals surface area contributed by atoms with Crippen LogP contribution in [0.5, 0.6) is 0 Å². The maximum Gasteiger partial charge on any atom is 0.263 e. The maximum absolute atomic E-state index is 3.94. The van der Waals surface area contributed by atoms with E-state index in [0.717, 1.165) is 19.6 Å². The number of hydrogen-bond donors (Lipinski definition) is 0. The Morgan fingerprint density at radius 2 is 1.62 bits per heavy atom. The van der Waals surface area contributed by atoms with Crippen LogP contribution in [0.3, 0.4) is 0 Å². The number of fused-ring (bicyclic) bond motifs is 1. The molecule has 0 radical (unpaired) electrons. The van der Waals surface area contributed by atoms with Gasteiger partial charge in [0.1, 0.15) is 4.70 Å². The molecule has 0 aliphatic carbocycles. The first-order valence-electron chi connectivity index (χ1n) is 13.1. The molecule has 0 spiro atoms. The van der Waals surface area contributed by atoms with Crippen molar-refractivity contribution in [2.45, 2.75) is 52.0 Å². The van der Waals surface area contributed by atoms with Gasteiger partial charge in [0.2, 0.25) is 5.52 Å². The molecule has 1 aliphatic heterocycles. The van der Waals surface area contributed by atoms with E-state index >= 15 is 0 Å². The number of allylic oxidation sites excluding steroid dienone is 1. The third kappa shape index (κ3) is 6.58. The van der Waals surface area contributed by atoms with Crippen LogP contribution in [0.1, 0.15) is 56.0 Å². The van der Waals surface area contributed by atoms with Crippen LogP contribution in [0.15, 0.2) is 61.2 Å². The Morgan fingerprint density at radius 1 is 0.882 bits per heavy atom. The summed E-state index contributed by atoms with van der Waals surface area (Å²) in [5.74, 6) is 0. The number of piperazine rings is 1. The number of nitrogens with zero attached hydrogens (tertiary/aromatic N) is 3. The Bertz CT molecular complexity index is 1060. The lowest BCUT2D eigenvalue weighted by atomic mass is 10.1. The van der Waals surface area contributed by atoms with Crippen molar-refractivity contribution in [3.8, 4) is 0 Å². The molecular formula is C30H40N3S+. The predicted octanol–water partition coefficient (Wildman–Crippen LogP) is 7.03. The molecule has 1 fully saturated rings. The fourth-order valence-electron chi connectivity index (χ4n) is 4.80. The monoisotopic (exact) mass is 474 g/mol. The van der Waals surface area contributed by atoms with E-state index < -0.39 is 0 Å². The topological polar surface area (TPSA) is 10.4 Å². The zero-order chi connectivity index (χ0) is 23.6. The molecule has 4 rings (SSSR count). The predicted molar refractivity (Wildman–Crippen MR) is 150 cm³/mol. The van der Waals surface area contributed by atoms with Crippen molar-refractivity contribution in [2.24, 2.45) is 0 Å². The highest BCUT2D eigenvalue weighted by atomic mass is 32.1. The molecule has 3 nitrogen and oxygen atoms in total. The minimum absolute atomic E-state index is 0.827. The molecular weight excluding hydrogens is 434 g/mol. The van der Waals surface area contributed by atoms with Gasteiger partial charge >= 0.3 is 0 Å². The van der Waals surface area contributed by atoms with Crippen molar-refractivity contribution < 1.29 is 4.57 Å². The second-order valence-electron chi connectivity index (χ2n) is 9.33. The Morgan fingerprint density at radius 3 is 2.38 bits per heavy atom. The molecule has 0 amide bonds. The lowest BCUT2D eigenvalue weighted by molar-refractivity contribution is -0.658. The summed E-state index contributed by atoms with van der Waals surface area (Å²) >= 11 is 1.83. The highest BCUT2D eigenvalue weighted by Gasteiger charge is 2.18. The van der Waals surface area contributed by atoms with E-state index in [0.29, 0.717) is 0 Å².